The number of carbonyl (C=O) groups excluding carboxylic acids is 2. The first kappa shape index (κ1) is 18.6. The summed E-state index contributed by atoms with van der Waals surface area (Å²) in [6, 6.07) is 7.09. The minimum Gasteiger partial charge on any atom is -0.461 e. The third-order valence-electron chi connectivity index (χ3n) is 4.58. The highest BCUT2D eigenvalue weighted by molar-refractivity contribution is 6.31. The van der Waals surface area contributed by atoms with E-state index < -0.39 is 5.97 Å². The van der Waals surface area contributed by atoms with Gasteiger partial charge in [-0.05, 0) is 38.4 Å². The van der Waals surface area contributed by atoms with Crippen LogP contribution in [0.2, 0.25) is 5.02 Å². The molecule has 0 bridgehead atoms. The van der Waals surface area contributed by atoms with Crippen molar-refractivity contribution in [3.05, 3.63) is 52.3 Å². The second-order valence-corrected chi connectivity index (χ2v) is 6.88. The number of H-pyrrole nitrogens is 1. The van der Waals surface area contributed by atoms with Crippen LogP contribution in [0.25, 0.3) is 0 Å². The van der Waals surface area contributed by atoms with Gasteiger partial charge in [0.15, 0.2) is 5.78 Å². The summed E-state index contributed by atoms with van der Waals surface area (Å²) in [4.78, 5) is 26.9. The highest BCUT2D eigenvalue weighted by atomic mass is 35.5. The molecule has 1 aliphatic heterocycles. The zero-order valence-electron chi connectivity index (χ0n) is 14.7. The Morgan fingerprint density at radius 3 is 3.04 bits per heavy atom. The van der Waals surface area contributed by atoms with E-state index in [9.17, 15) is 9.59 Å². The van der Waals surface area contributed by atoms with Crippen molar-refractivity contribution in [1.82, 2.24) is 15.1 Å². The number of nitrogens with one attached hydrogen (secondary N) is 1. The van der Waals surface area contributed by atoms with Crippen LogP contribution in [0.15, 0.2) is 30.5 Å². The van der Waals surface area contributed by atoms with E-state index >= 15 is 0 Å². The number of hydrogen-bond acceptors (Lipinski definition) is 5. The molecule has 0 spiro atoms. The standard InChI is InChI=1S/C19H22ClN3O3/c1-2-26-19(25)17-15(10-21-22-17)12-23-8-4-6-14(11-23)18(24)13-5-3-7-16(20)9-13/h3,5,7,9-10,14H,2,4,6,8,11-12H2,1H3,(H,21,22)/t14-/m0/s1. The number of nitrogens with zero attached hydrogens (tertiary/aromatic N) is 2. The fourth-order valence-electron chi connectivity index (χ4n) is 3.34. The van der Waals surface area contributed by atoms with Crippen LogP contribution in [-0.2, 0) is 11.3 Å². The molecule has 1 aromatic carbocycles. The second-order valence-electron chi connectivity index (χ2n) is 6.44. The smallest absolute Gasteiger partial charge is 0.356 e. The number of halogens is 1. The van der Waals surface area contributed by atoms with E-state index in [1.54, 1.807) is 31.3 Å². The lowest BCUT2D eigenvalue weighted by Gasteiger charge is -2.31. The molecule has 6 nitrogen and oxygen atoms in total. The van der Waals surface area contributed by atoms with Crippen LogP contribution in [0.3, 0.4) is 0 Å². The Balaban J connectivity index is 1.67. The molecule has 0 unspecified atom stereocenters. The Hall–Kier alpha value is -2.18. The third kappa shape index (κ3) is 4.31. The number of Topliss-reactive ketones (excluding diaryl/α,β-unsaturated/α-hetero) is 1. The predicted molar refractivity (Wildman–Crippen MR) is 98.3 cm³/mol. The first-order valence-electron chi connectivity index (χ1n) is 8.80. The summed E-state index contributed by atoms with van der Waals surface area (Å²) in [7, 11) is 0. The van der Waals surface area contributed by atoms with Crippen molar-refractivity contribution < 1.29 is 14.3 Å². The van der Waals surface area contributed by atoms with Crippen LogP contribution in [0.1, 0.15) is 46.2 Å². The average Bonchev–Trinajstić information content (AvgIpc) is 3.10. The lowest BCUT2D eigenvalue weighted by atomic mass is 9.90. The number of likely N-dealkylation sites (tertiary alicyclic amines) is 1. The molecule has 0 aliphatic carbocycles. The molecule has 1 aromatic heterocycles. The molecule has 1 saturated heterocycles. The highest BCUT2D eigenvalue weighted by Gasteiger charge is 2.28. The average molecular weight is 376 g/mol. The van der Waals surface area contributed by atoms with E-state index in [-0.39, 0.29) is 11.7 Å². The van der Waals surface area contributed by atoms with Gasteiger partial charge in [-0.2, -0.15) is 5.10 Å². The number of carbonyl (C=O) groups is 2. The van der Waals surface area contributed by atoms with Crippen molar-refractivity contribution in [2.45, 2.75) is 26.3 Å². The summed E-state index contributed by atoms with van der Waals surface area (Å²) in [5.74, 6) is -0.348. The maximum absolute atomic E-state index is 12.8. The number of ketones is 1. The van der Waals surface area contributed by atoms with Gasteiger partial charge in [0.2, 0.25) is 0 Å². The Kier molecular flexibility index (Phi) is 6.06. The monoisotopic (exact) mass is 375 g/mol. The number of rotatable bonds is 6. The van der Waals surface area contributed by atoms with Crippen LogP contribution in [0, 0.1) is 5.92 Å². The Morgan fingerprint density at radius 1 is 1.42 bits per heavy atom. The van der Waals surface area contributed by atoms with Crippen molar-refractivity contribution in [3.8, 4) is 0 Å². The summed E-state index contributed by atoms with van der Waals surface area (Å²) < 4.78 is 5.05. The molecule has 1 N–H and O–H groups in total. The Bertz CT molecular complexity index is 790. The summed E-state index contributed by atoms with van der Waals surface area (Å²) in [6.45, 7) is 4.18. The number of hydrogen-bond donors (Lipinski definition) is 1. The molecule has 7 heteroatoms. The predicted octanol–water partition coefficient (Wildman–Crippen LogP) is 3.33. The fourth-order valence-corrected chi connectivity index (χ4v) is 3.53. The molecular weight excluding hydrogens is 354 g/mol. The van der Waals surface area contributed by atoms with E-state index in [1.807, 2.05) is 6.07 Å². The van der Waals surface area contributed by atoms with Gasteiger partial charge in [-0.3, -0.25) is 14.8 Å². The van der Waals surface area contributed by atoms with Gasteiger partial charge in [-0.15, -0.1) is 0 Å². The molecule has 2 heterocycles. The minimum absolute atomic E-state index is 0.0693. The van der Waals surface area contributed by atoms with E-state index in [0.29, 0.717) is 36.0 Å². The molecule has 1 fully saturated rings. The number of benzene rings is 1. The minimum atomic E-state index is -0.399. The van der Waals surface area contributed by atoms with Crippen LogP contribution < -0.4 is 0 Å². The van der Waals surface area contributed by atoms with Crippen molar-refractivity contribution in [3.63, 3.8) is 0 Å². The fraction of sp³-hybridized carbons (Fsp3) is 0.421. The topological polar surface area (TPSA) is 75.3 Å². The first-order chi connectivity index (χ1) is 12.6. The maximum atomic E-state index is 12.8. The van der Waals surface area contributed by atoms with Crippen molar-refractivity contribution in [2.24, 2.45) is 5.92 Å². The third-order valence-corrected chi connectivity index (χ3v) is 4.81. The van der Waals surface area contributed by atoms with Gasteiger partial charge in [-0.25, -0.2) is 4.79 Å². The normalized spacial score (nSPS) is 17.8. The SMILES string of the molecule is CCOC(=O)c1[nH]ncc1CN1CCC[C@H](C(=O)c2cccc(Cl)c2)C1. The van der Waals surface area contributed by atoms with Crippen LogP contribution >= 0.6 is 11.6 Å². The summed E-state index contributed by atoms with van der Waals surface area (Å²) in [5.41, 5.74) is 1.83. The molecule has 1 aliphatic rings. The molecule has 3 rings (SSSR count). The van der Waals surface area contributed by atoms with E-state index in [2.05, 4.69) is 15.1 Å². The Morgan fingerprint density at radius 2 is 2.27 bits per heavy atom. The quantitative estimate of drug-likeness (QED) is 0.619. The maximum Gasteiger partial charge on any atom is 0.356 e. The van der Waals surface area contributed by atoms with Gasteiger partial charge in [-0.1, -0.05) is 23.7 Å². The molecule has 138 valence electrons. The van der Waals surface area contributed by atoms with Gasteiger partial charge in [0.05, 0.1) is 12.8 Å². The molecule has 1 atom stereocenters. The number of esters is 1. The lowest BCUT2D eigenvalue weighted by molar-refractivity contribution is 0.0515. The summed E-state index contributed by atoms with van der Waals surface area (Å²) in [6.07, 6.45) is 3.44. The zero-order chi connectivity index (χ0) is 18.5. The molecular formula is C19H22ClN3O3. The number of aromatic nitrogens is 2. The van der Waals surface area contributed by atoms with Gasteiger partial charge in [0.1, 0.15) is 5.69 Å². The molecule has 0 saturated carbocycles. The van der Waals surface area contributed by atoms with E-state index in [4.69, 9.17) is 16.3 Å². The summed E-state index contributed by atoms with van der Waals surface area (Å²) >= 11 is 6.01. The van der Waals surface area contributed by atoms with Crippen molar-refractivity contribution in [1.29, 1.82) is 0 Å². The van der Waals surface area contributed by atoms with Crippen molar-refractivity contribution >= 4 is 23.4 Å². The number of aromatic amines is 1. The Labute approximate surface area is 157 Å². The van der Waals surface area contributed by atoms with Gasteiger partial charge in [0, 0.05) is 35.2 Å². The number of ether oxygens (including phenoxy) is 1. The number of piperidine rings is 1. The van der Waals surface area contributed by atoms with Gasteiger partial charge >= 0.3 is 5.97 Å². The van der Waals surface area contributed by atoms with Gasteiger partial charge in [0.25, 0.3) is 0 Å². The van der Waals surface area contributed by atoms with E-state index in [1.165, 1.54) is 0 Å². The summed E-state index contributed by atoms with van der Waals surface area (Å²) in [5, 5.41) is 7.25. The molecule has 26 heavy (non-hydrogen) atoms. The van der Waals surface area contributed by atoms with Gasteiger partial charge < -0.3 is 4.74 Å². The van der Waals surface area contributed by atoms with Crippen LogP contribution in [0.4, 0.5) is 0 Å². The van der Waals surface area contributed by atoms with Crippen molar-refractivity contribution in [2.75, 3.05) is 19.7 Å². The van der Waals surface area contributed by atoms with Crippen LogP contribution in [0.5, 0.6) is 0 Å². The first-order valence-corrected chi connectivity index (χ1v) is 9.17. The zero-order valence-corrected chi connectivity index (χ0v) is 15.5. The second kappa shape index (κ2) is 8.47. The molecule has 2 aromatic rings. The molecule has 0 amide bonds. The lowest BCUT2D eigenvalue weighted by Crippen LogP contribution is -2.38. The molecule has 0 radical (unpaired) electrons. The highest BCUT2D eigenvalue weighted by Crippen LogP contribution is 2.24. The van der Waals surface area contributed by atoms with E-state index in [0.717, 1.165) is 24.9 Å². The largest absolute Gasteiger partial charge is 0.461 e. The van der Waals surface area contributed by atoms with Crippen LogP contribution in [-0.4, -0.2) is 46.5 Å².